The summed E-state index contributed by atoms with van der Waals surface area (Å²) in [7, 11) is 0. The van der Waals surface area contributed by atoms with Crippen LogP contribution in [0.3, 0.4) is 0 Å². The summed E-state index contributed by atoms with van der Waals surface area (Å²) in [5.74, 6) is 0. The molecule has 1 aliphatic heterocycles. The quantitative estimate of drug-likeness (QED) is 0.878. The molecule has 1 aromatic heterocycles. The van der Waals surface area contributed by atoms with Gasteiger partial charge in [0.2, 0.25) is 0 Å². The first-order valence-corrected chi connectivity index (χ1v) is 7.39. The Hall–Kier alpha value is -1.75. The van der Waals surface area contributed by atoms with E-state index in [4.69, 9.17) is 5.26 Å². The van der Waals surface area contributed by atoms with E-state index in [1.54, 1.807) is 12.3 Å². The topological polar surface area (TPSA) is 88.8 Å². The van der Waals surface area contributed by atoms with E-state index in [-0.39, 0.29) is 0 Å². The number of halogens is 1. The van der Waals surface area contributed by atoms with Gasteiger partial charge >= 0.3 is 0 Å². The van der Waals surface area contributed by atoms with E-state index in [0.29, 0.717) is 30.8 Å². The molecule has 0 unspecified atom stereocenters. The van der Waals surface area contributed by atoms with Crippen molar-refractivity contribution < 1.29 is 5.11 Å². The number of hydrogen-bond acceptors (Lipinski definition) is 5. The van der Waals surface area contributed by atoms with Gasteiger partial charge in [0, 0.05) is 24.1 Å². The molecule has 1 aliphatic rings. The van der Waals surface area contributed by atoms with Gasteiger partial charge < -0.3 is 5.11 Å². The molecular formula is C14H14BrN5O. The fourth-order valence-corrected chi connectivity index (χ4v) is 3.02. The molecule has 2 N–H and O–H groups in total. The molecule has 2 heterocycles. The van der Waals surface area contributed by atoms with E-state index in [1.807, 2.05) is 12.1 Å². The normalized spacial score (nSPS) is 22.3. The van der Waals surface area contributed by atoms with Crippen LogP contribution >= 0.6 is 15.9 Å². The van der Waals surface area contributed by atoms with Crippen molar-refractivity contribution in [2.24, 2.45) is 0 Å². The fraction of sp³-hybridized carbons (Fsp3) is 0.357. The van der Waals surface area contributed by atoms with Crippen molar-refractivity contribution in [3.05, 3.63) is 45.7 Å². The van der Waals surface area contributed by atoms with Gasteiger partial charge in [0.15, 0.2) is 0 Å². The van der Waals surface area contributed by atoms with Crippen molar-refractivity contribution in [3.8, 4) is 6.07 Å². The van der Waals surface area contributed by atoms with Crippen LogP contribution in [0.5, 0.6) is 0 Å². The van der Waals surface area contributed by atoms with Gasteiger partial charge in [-0.2, -0.15) is 20.7 Å². The lowest BCUT2D eigenvalue weighted by Gasteiger charge is -2.21. The largest absolute Gasteiger partial charge is 0.382 e. The van der Waals surface area contributed by atoms with Gasteiger partial charge in [-0.05, 0) is 30.2 Å². The second-order valence-electron chi connectivity index (χ2n) is 5.27. The SMILES string of the molecule is N#Cc1ccc(Br)c(CN2CC[C@](O)(c3cn[nH]n3)C2)c1. The molecule has 1 atom stereocenters. The number of aliphatic hydroxyl groups is 1. The van der Waals surface area contributed by atoms with Gasteiger partial charge in [-0.25, -0.2) is 0 Å². The summed E-state index contributed by atoms with van der Waals surface area (Å²) >= 11 is 3.51. The third-order valence-corrected chi connectivity index (χ3v) is 4.56. The summed E-state index contributed by atoms with van der Waals surface area (Å²) in [6.45, 7) is 1.95. The predicted molar refractivity (Wildman–Crippen MR) is 79.0 cm³/mol. The molecule has 7 heteroatoms. The van der Waals surface area contributed by atoms with E-state index >= 15 is 0 Å². The highest BCUT2D eigenvalue weighted by molar-refractivity contribution is 9.10. The molecule has 0 radical (unpaired) electrons. The van der Waals surface area contributed by atoms with E-state index in [2.05, 4.69) is 42.3 Å². The van der Waals surface area contributed by atoms with Gasteiger partial charge in [0.25, 0.3) is 0 Å². The molecule has 1 saturated heterocycles. The summed E-state index contributed by atoms with van der Waals surface area (Å²) in [6, 6.07) is 7.68. The Balaban J connectivity index is 1.75. The third-order valence-electron chi connectivity index (χ3n) is 3.79. The average Bonchev–Trinajstić information content (AvgIpc) is 3.12. The van der Waals surface area contributed by atoms with E-state index in [9.17, 15) is 5.11 Å². The second-order valence-corrected chi connectivity index (χ2v) is 6.12. The minimum atomic E-state index is -0.952. The van der Waals surface area contributed by atoms with Crippen molar-refractivity contribution in [2.45, 2.75) is 18.6 Å². The maximum atomic E-state index is 10.6. The highest BCUT2D eigenvalue weighted by Gasteiger charge is 2.39. The monoisotopic (exact) mass is 347 g/mol. The smallest absolute Gasteiger partial charge is 0.124 e. The van der Waals surface area contributed by atoms with Crippen LogP contribution < -0.4 is 0 Å². The van der Waals surface area contributed by atoms with Crippen LogP contribution in [-0.4, -0.2) is 38.5 Å². The van der Waals surface area contributed by atoms with E-state index in [1.165, 1.54) is 0 Å². The number of nitrogens with one attached hydrogen (secondary N) is 1. The lowest BCUT2D eigenvalue weighted by Crippen LogP contribution is -2.31. The van der Waals surface area contributed by atoms with Crippen LogP contribution in [0, 0.1) is 11.3 Å². The summed E-state index contributed by atoms with van der Waals surface area (Å²) < 4.78 is 0.971. The van der Waals surface area contributed by atoms with Gasteiger partial charge in [0.05, 0.1) is 17.8 Å². The van der Waals surface area contributed by atoms with Gasteiger partial charge in [0.1, 0.15) is 11.3 Å². The summed E-state index contributed by atoms with van der Waals surface area (Å²) in [4.78, 5) is 2.15. The molecule has 0 aliphatic carbocycles. The zero-order valence-corrected chi connectivity index (χ0v) is 12.8. The van der Waals surface area contributed by atoms with Crippen LogP contribution in [0.1, 0.15) is 23.2 Å². The number of nitriles is 1. The maximum Gasteiger partial charge on any atom is 0.124 e. The van der Waals surface area contributed by atoms with Crippen molar-refractivity contribution >= 4 is 15.9 Å². The van der Waals surface area contributed by atoms with E-state index < -0.39 is 5.60 Å². The molecule has 0 saturated carbocycles. The minimum Gasteiger partial charge on any atom is -0.382 e. The standard InChI is InChI=1S/C14H14BrN5O/c15-12-2-1-10(6-16)5-11(12)8-20-4-3-14(21,9-20)13-7-17-19-18-13/h1-2,5,7,21H,3-4,8-9H2,(H,17,18,19)/t14-/m1/s1. The molecule has 1 fully saturated rings. The Labute approximate surface area is 130 Å². The first kappa shape index (κ1) is 14.2. The molecule has 6 nitrogen and oxygen atoms in total. The van der Waals surface area contributed by atoms with Crippen molar-refractivity contribution in [1.29, 1.82) is 5.26 Å². The molecular weight excluding hydrogens is 334 g/mol. The average molecular weight is 348 g/mol. The Kier molecular flexibility index (Phi) is 3.76. The van der Waals surface area contributed by atoms with Crippen LogP contribution in [0.25, 0.3) is 0 Å². The Morgan fingerprint density at radius 2 is 2.38 bits per heavy atom. The number of β-amino-alcohol motifs (C(OH)–C–C–N with tert-alkyl or cyclic N) is 1. The van der Waals surface area contributed by atoms with Crippen LogP contribution in [0.2, 0.25) is 0 Å². The number of rotatable bonds is 3. The Morgan fingerprint density at radius 1 is 1.52 bits per heavy atom. The highest BCUT2D eigenvalue weighted by Crippen LogP contribution is 2.32. The molecule has 0 bridgehead atoms. The first-order chi connectivity index (χ1) is 10.1. The Bertz CT molecular complexity index is 681. The zero-order chi connectivity index (χ0) is 14.9. The number of likely N-dealkylation sites (tertiary alicyclic amines) is 1. The maximum absolute atomic E-state index is 10.6. The minimum absolute atomic E-state index is 0.503. The summed E-state index contributed by atoms with van der Waals surface area (Å²) in [5, 5.41) is 29.9. The lowest BCUT2D eigenvalue weighted by atomic mass is 10.00. The van der Waals surface area contributed by atoms with E-state index in [0.717, 1.165) is 16.6 Å². The van der Waals surface area contributed by atoms with Gasteiger partial charge in [-0.1, -0.05) is 15.9 Å². The number of H-pyrrole nitrogens is 1. The Morgan fingerprint density at radius 3 is 3.10 bits per heavy atom. The van der Waals surface area contributed by atoms with Crippen LogP contribution in [-0.2, 0) is 12.1 Å². The first-order valence-electron chi connectivity index (χ1n) is 6.60. The van der Waals surface area contributed by atoms with Gasteiger partial charge in [-0.3, -0.25) is 4.90 Å². The molecule has 0 amide bonds. The predicted octanol–water partition coefficient (Wildman–Crippen LogP) is 1.53. The summed E-state index contributed by atoms with van der Waals surface area (Å²) in [5.41, 5.74) is 1.30. The van der Waals surface area contributed by atoms with Gasteiger partial charge in [-0.15, -0.1) is 0 Å². The number of hydrogen-bond donors (Lipinski definition) is 2. The highest BCUT2D eigenvalue weighted by atomic mass is 79.9. The van der Waals surface area contributed by atoms with Crippen molar-refractivity contribution in [3.63, 3.8) is 0 Å². The lowest BCUT2D eigenvalue weighted by molar-refractivity contribution is 0.0408. The molecule has 21 heavy (non-hydrogen) atoms. The number of aromatic amines is 1. The van der Waals surface area contributed by atoms with Crippen LogP contribution in [0.15, 0.2) is 28.9 Å². The van der Waals surface area contributed by atoms with Crippen molar-refractivity contribution in [2.75, 3.05) is 13.1 Å². The summed E-state index contributed by atoms with van der Waals surface area (Å²) in [6.07, 6.45) is 2.19. The zero-order valence-electron chi connectivity index (χ0n) is 11.3. The molecule has 0 spiro atoms. The second kappa shape index (κ2) is 5.56. The molecule has 2 aromatic rings. The number of benzene rings is 1. The fourth-order valence-electron chi connectivity index (χ4n) is 2.65. The molecule has 3 rings (SSSR count). The number of nitrogens with zero attached hydrogens (tertiary/aromatic N) is 4. The third kappa shape index (κ3) is 2.83. The number of aromatic nitrogens is 3. The molecule has 1 aromatic carbocycles. The van der Waals surface area contributed by atoms with Crippen molar-refractivity contribution in [1.82, 2.24) is 20.3 Å². The van der Waals surface area contributed by atoms with Crippen LogP contribution in [0.4, 0.5) is 0 Å². The molecule has 108 valence electrons.